The molecule has 4 nitrogen and oxygen atoms in total. The predicted octanol–water partition coefficient (Wildman–Crippen LogP) is 1.50. The van der Waals surface area contributed by atoms with E-state index in [0.717, 1.165) is 10.7 Å². The number of hydrogen-bond acceptors (Lipinski definition) is 4. The summed E-state index contributed by atoms with van der Waals surface area (Å²) in [6.07, 6.45) is 0. The Kier molecular flexibility index (Phi) is 4.44. The first-order chi connectivity index (χ1) is 7.41. The number of aromatic nitrogens is 1. The van der Waals surface area contributed by atoms with Gasteiger partial charge in [0.05, 0.1) is 17.2 Å². The van der Waals surface area contributed by atoms with Gasteiger partial charge in [-0.1, -0.05) is 0 Å². The number of nitrogens with one attached hydrogen (secondary N) is 1. The summed E-state index contributed by atoms with van der Waals surface area (Å²) in [6, 6.07) is 0.176. The summed E-state index contributed by atoms with van der Waals surface area (Å²) in [5, 5.41) is 4.28. The van der Waals surface area contributed by atoms with Gasteiger partial charge < -0.3 is 10.2 Å². The van der Waals surface area contributed by atoms with Crippen LogP contribution in [0.4, 0.5) is 0 Å². The lowest BCUT2D eigenvalue weighted by molar-refractivity contribution is -0.127. The van der Waals surface area contributed by atoms with Crippen LogP contribution < -0.4 is 5.32 Å². The van der Waals surface area contributed by atoms with Crippen LogP contribution in [0.5, 0.6) is 0 Å². The molecule has 0 aliphatic carbocycles. The van der Waals surface area contributed by atoms with E-state index in [0.29, 0.717) is 6.54 Å². The lowest BCUT2D eigenvalue weighted by Gasteiger charge is -2.15. The largest absolute Gasteiger partial charge is 0.348 e. The summed E-state index contributed by atoms with van der Waals surface area (Å²) >= 11 is 1.68. The normalized spacial score (nSPS) is 12.6. The van der Waals surface area contributed by atoms with Gasteiger partial charge in [-0.2, -0.15) is 0 Å². The Morgan fingerprint density at radius 3 is 2.56 bits per heavy atom. The molecule has 90 valence electrons. The molecule has 1 heterocycles. The lowest BCUT2D eigenvalue weighted by atomic mass is 10.2. The first-order valence-corrected chi connectivity index (χ1v) is 6.11. The number of nitrogens with zero attached hydrogens (tertiary/aromatic N) is 2. The van der Waals surface area contributed by atoms with Gasteiger partial charge in [0.2, 0.25) is 5.91 Å². The number of carbonyl (C=O) groups excluding carboxylic acids is 1. The molecule has 0 bridgehead atoms. The van der Waals surface area contributed by atoms with Crippen molar-refractivity contribution in [2.45, 2.75) is 26.8 Å². The Labute approximate surface area is 101 Å². The van der Waals surface area contributed by atoms with Crippen molar-refractivity contribution >= 4 is 17.2 Å². The number of likely N-dealkylation sites (N-methyl/N-ethyl adjacent to an activating group) is 1. The molecule has 1 unspecified atom stereocenters. The molecule has 16 heavy (non-hydrogen) atoms. The second kappa shape index (κ2) is 5.41. The molecule has 0 saturated carbocycles. The van der Waals surface area contributed by atoms with Crippen molar-refractivity contribution in [2.24, 2.45) is 0 Å². The van der Waals surface area contributed by atoms with Crippen molar-refractivity contribution in [3.8, 4) is 0 Å². The van der Waals surface area contributed by atoms with Crippen LogP contribution in [0, 0.1) is 13.8 Å². The maximum Gasteiger partial charge on any atom is 0.236 e. The fourth-order valence-corrected chi connectivity index (χ4v) is 2.39. The molecule has 1 atom stereocenters. The summed E-state index contributed by atoms with van der Waals surface area (Å²) in [5.74, 6) is 0.0886. The summed E-state index contributed by atoms with van der Waals surface area (Å²) in [6.45, 7) is 6.43. The highest BCUT2D eigenvalue weighted by Crippen LogP contribution is 2.23. The minimum atomic E-state index is 0.0886. The zero-order chi connectivity index (χ0) is 12.3. The van der Waals surface area contributed by atoms with Crippen molar-refractivity contribution in [3.05, 3.63) is 15.6 Å². The van der Waals surface area contributed by atoms with E-state index >= 15 is 0 Å². The van der Waals surface area contributed by atoms with Gasteiger partial charge in [-0.25, -0.2) is 4.98 Å². The minimum Gasteiger partial charge on any atom is -0.348 e. The molecule has 0 aliphatic rings. The maximum atomic E-state index is 11.4. The molecule has 0 spiro atoms. The molecule has 1 aromatic rings. The third kappa shape index (κ3) is 3.28. The topological polar surface area (TPSA) is 45.2 Å². The van der Waals surface area contributed by atoms with Gasteiger partial charge in [0.25, 0.3) is 0 Å². The van der Waals surface area contributed by atoms with Gasteiger partial charge in [0, 0.05) is 25.0 Å². The maximum absolute atomic E-state index is 11.4. The van der Waals surface area contributed by atoms with Crippen molar-refractivity contribution in [2.75, 3.05) is 20.6 Å². The molecule has 0 aliphatic heterocycles. The summed E-state index contributed by atoms with van der Waals surface area (Å²) in [4.78, 5) is 18.6. The van der Waals surface area contributed by atoms with E-state index in [1.54, 1.807) is 30.3 Å². The zero-order valence-electron chi connectivity index (χ0n) is 10.5. The summed E-state index contributed by atoms with van der Waals surface area (Å²) in [7, 11) is 3.52. The van der Waals surface area contributed by atoms with Crippen LogP contribution >= 0.6 is 11.3 Å². The molecule has 1 aromatic heterocycles. The van der Waals surface area contributed by atoms with Crippen LogP contribution in [0.1, 0.15) is 28.5 Å². The van der Waals surface area contributed by atoms with E-state index in [2.05, 4.69) is 17.2 Å². The van der Waals surface area contributed by atoms with Gasteiger partial charge in [-0.3, -0.25) is 4.79 Å². The van der Waals surface area contributed by atoms with Crippen LogP contribution in [0.2, 0.25) is 0 Å². The third-order valence-corrected chi connectivity index (χ3v) is 3.65. The van der Waals surface area contributed by atoms with Gasteiger partial charge >= 0.3 is 0 Å². The van der Waals surface area contributed by atoms with Crippen molar-refractivity contribution in [1.82, 2.24) is 15.2 Å². The second-order valence-corrected chi connectivity index (χ2v) is 5.31. The number of carbonyl (C=O) groups is 1. The minimum absolute atomic E-state index is 0.0886. The van der Waals surface area contributed by atoms with Gasteiger partial charge in [0.1, 0.15) is 0 Å². The summed E-state index contributed by atoms with van der Waals surface area (Å²) < 4.78 is 0. The number of rotatable bonds is 4. The highest BCUT2D eigenvalue weighted by molar-refractivity contribution is 7.11. The van der Waals surface area contributed by atoms with Crippen LogP contribution in [-0.2, 0) is 4.79 Å². The Morgan fingerprint density at radius 2 is 2.12 bits per heavy atom. The standard InChI is InChI=1S/C11H19N3OS/c1-7(12-6-10(15)14(4)5)11-8(2)13-9(3)16-11/h7,12H,6H2,1-5H3. The molecule has 0 saturated heterocycles. The molecule has 5 heteroatoms. The van der Waals surface area contributed by atoms with E-state index in [9.17, 15) is 4.79 Å². The van der Waals surface area contributed by atoms with Gasteiger partial charge in [-0.15, -0.1) is 11.3 Å². The zero-order valence-corrected chi connectivity index (χ0v) is 11.3. The highest BCUT2D eigenvalue weighted by Gasteiger charge is 2.14. The van der Waals surface area contributed by atoms with E-state index < -0.39 is 0 Å². The molecule has 1 amide bonds. The Hall–Kier alpha value is -0.940. The monoisotopic (exact) mass is 241 g/mol. The quantitative estimate of drug-likeness (QED) is 0.869. The van der Waals surface area contributed by atoms with Crippen molar-refractivity contribution in [3.63, 3.8) is 0 Å². The number of amides is 1. The van der Waals surface area contributed by atoms with Crippen molar-refractivity contribution < 1.29 is 4.79 Å². The lowest BCUT2D eigenvalue weighted by Crippen LogP contribution is -2.34. The highest BCUT2D eigenvalue weighted by atomic mass is 32.1. The van der Waals surface area contributed by atoms with Crippen LogP contribution in [0.3, 0.4) is 0 Å². The van der Waals surface area contributed by atoms with E-state index in [1.807, 2.05) is 13.8 Å². The Morgan fingerprint density at radius 1 is 1.50 bits per heavy atom. The van der Waals surface area contributed by atoms with Crippen LogP contribution in [0.15, 0.2) is 0 Å². The molecular weight excluding hydrogens is 222 g/mol. The first-order valence-electron chi connectivity index (χ1n) is 5.29. The van der Waals surface area contributed by atoms with Gasteiger partial charge in [-0.05, 0) is 20.8 Å². The average Bonchev–Trinajstić information content (AvgIpc) is 2.53. The van der Waals surface area contributed by atoms with Crippen LogP contribution in [0.25, 0.3) is 0 Å². The Bertz CT molecular complexity index is 373. The van der Waals surface area contributed by atoms with E-state index in [-0.39, 0.29) is 11.9 Å². The fourth-order valence-electron chi connectivity index (χ4n) is 1.44. The Balaban J connectivity index is 2.56. The number of aryl methyl sites for hydroxylation is 2. The SMILES string of the molecule is Cc1nc(C)c(C(C)NCC(=O)N(C)C)s1. The smallest absolute Gasteiger partial charge is 0.236 e. The molecule has 1 rings (SSSR count). The van der Waals surface area contributed by atoms with E-state index in [1.165, 1.54) is 4.88 Å². The molecule has 1 N–H and O–H groups in total. The molecule has 0 fully saturated rings. The average molecular weight is 241 g/mol. The molecule has 0 aromatic carbocycles. The van der Waals surface area contributed by atoms with Crippen LogP contribution in [-0.4, -0.2) is 36.4 Å². The van der Waals surface area contributed by atoms with Crippen molar-refractivity contribution in [1.29, 1.82) is 0 Å². The number of hydrogen-bond donors (Lipinski definition) is 1. The third-order valence-electron chi connectivity index (χ3n) is 2.39. The van der Waals surface area contributed by atoms with E-state index in [4.69, 9.17) is 0 Å². The molecular formula is C11H19N3OS. The number of thiazole rings is 1. The predicted molar refractivity (Wildman–Crippen MR) is 66.7 cm³/mol. The summed E-state index contributed by atoms with van der Waals surface area (Å²) in [5.41, 5.74) is 1.06. The second-order valence-electron chi connectivity index (χ2n) is 4.07. The van der Waals surface area contributed by atoms with Gasteiger partial charge in [0.15, 0.2) is 0 Å². The first kappa shape index (κ1) is 13.1. The fraction of sp³-hybridized carbons (Fsp3) is 0.636. The molecule has 0 radical (unpaired) electrons.